The minimum atomic E-state index is -4.53. The van der Waals surface area contributed by atoms with E-state index < -0.39 is 80.4 Å². The molecule has 9 rings (SSSR count). The van der Waals surface area contributed by atoms with Gasteiger partial charge in [0.05, 0.1) is 52.0 Å². The molecule has 82 heavy (non-hydrogen) atoms. The first-order chi connectivity index (χ1) is 38.3. The molecule has 0 spiro atoms. The lowest BCUT2D eigenvalue weighted by molar-refractivity contribution is -0.384. The van der Waals surface area contributed by atoms with Crippen LogP contribution in [-0.2, 0) is 6.42 Å². The van der Waals surface area contributed by atoms with Crippen molar-refractivity contribution < 1.29 is 77.5 Å². The normalized spacial score (nSPS) is 11.1. The second-order valence-corrected chi connectivity index (χ2v) is 17.9. The molecule has 1 aliphatic rings. The highest BCUT2D eigenvalue weighted by molar-refractivity contribution is 6.42. The van der Waals surface area contributed by atoms with Crippen LogP contribution in [0.5, 0.6) is 40.2 Å². The van der Waals surface area contributed by atoms with Crippen molar-refractivity contribution in [2.75, 3.05) is 22.9 Å². The Morgan fingerprint density at radius 1 is 0.451 bits per heavy atom. The predicted octanol–water partition coefficient (Wildman–Crippen LogP) is 17.2. The van der Waals surface area contributed by atoms with Gasteiger partial charge in [0.2, 0.25) is 0 Å². The van der Waals surface area contributed by atoms with Crippen molar-refractivity contribution in [2.24, 2.45) is 4.99 Å². The highest BCUT2D eigenvalue weighted by Crippen LogP contribution is 2.42. The number of rotatable bonds is 8. The molecular formula is C51H31Cl5F11N7O8. The minimum absolute atomic E-state index is 0.00870. The van der Waals surface area contributed by atoms with Crippen molar-refractivity contribution in [3.8, 4) is 40.2 Å². The van der Waals surface area contributed by atoms with Crippen molar-refractivity contribution in [1.82, 2.24) is 0 Å². The number of alkyl halides is 3. The fraction of sp³-hybridized carbons (Fsp3) is 0.0392. The first kappa shape index (κ1) is 64.1. The van der Waals surface area contributed by atoms with Gasteiger partial charge in [-0.25, -0.2) is 40.1 Å². The number of phenols is 1. The van der Waals surface area contributed by atoms with Crippen LogP contribution < -0.4 is 37.1 Å². The maximum Gasteiger partial charge on any atom is 0.429 e. The summed E-state index contributed by atoms with van der Waals surface area (Å²) in [5.41, 5.74) is 21.1. The maximum absolute atomic E-state index is 13.6. The number of nitrogen functional groups attached to an aromatic ring is 4. The Morgan fingerprint density at radius 3 is 1.21 bits per heavy atom. The highest BCUT2D eigenvalue weighted by atomic mass is 35.5. The number of hydrogen-bond acceptors (Lipinski definition) is 13. The molecule has 0 atom stereocenters. The summed E-state index contributed by atoms with van der Waals surface area (Å²) in [5, 5.41) is 29.8. The topological polar surface area (TPSA) is 251 Å². The highest BCUT2D eigenvalue weighted by Gasteiger charge is 2.39. The van der Waals surface area contributed by atoms with Crippen molar-refractivity contribution in [2.45, 2.75) is 12.6 Å². The van der Waals surface area contributed by atoms with Crippen molar-refractivity contribution in [1.29, 1.82) is 0 Å². The molecule has 15 nitrogen and oxygen atoms in total. The van der Waals surface area contributed by atoms with Gasteiger partial charge in [-0.1, -0.05) is 58.0 Å². The van der Waals surface area contributed by atoms with Gasteiger partial charge in [0.15, 0.2) is 46.3 Å². The van der Waals surface area contributed by atoms with Crippen LogP contribution in [0.1, 0.15) is 5.56 Å². The summed E-state index contributed by atoms with van der Waals surface area (Å²) >= 11 is 28.7. The number of ether oxygens (including phenoxy) is 3. The Morgan fingerprint density at radius 2 is 0.793 bits per heavy atom. The number of hydrogen-bond donors (Lipinski definition) is 5. The monoisotopic (exact) mass is 1250 g/mol. The Balaban J connectivity index is 0.000000194. The van der Waals surface area contributed by atoms with Gasteiger partial charge in [-0.15, -0.1) is 0 Å². The van der Waals surface area contributed by atoms with Crippen LogP contribution in [0, 0.1) is 66.8 Å². The SMILES string of the molecule is Fc1ccc(Oc2cc3c(cc2Cl)N=C(C(F)(F)F)C3)c(F)c1.Nc1cc(Cl)c(Cl)cc1[N+](=O)[O-].Nc1cc(Cl)c(Oc2ccc(F)cc2F)cc1N.Nc1cc(Oc2ccc(F)cc2F)c(Cl)cc1[N+](=O)[O-].Oc1ccc(F)cc1F. The first-order valence-corrected chi connectivity index (χ1v) is 23.7. The van der Waals surface area contributed by atoms with E-state index in [1.165, 1.54) is 30.3 Å². The van der Waals surface area contributed by atoms with E-state index >= 15 is 0 Å². The second kappa shape index (κ2) is 27.7. The fourth-order valence-electron chi connectivity index (χ4n) is 6.12. The summed E-state index contributed by atoms with van der Waals surface area (Å²) < 4.78 is 156. The minimum Gasteiger partial charge on any atom is -0.505 e. The van der Waals surface area contributed by atoms with E-state index in [1.54, 1.807) is 0 Å². The van der Waals surface area contributed by atoms with E-state index in [-0.39, 0.29) is 99.3 Å². The lowest BCUT2D eigenvalue weighted by Crippen LogP contribution is -2.22. The van der Waals surface area contributed by atoms with Crippen LogP contribution in [0.25, 0.3) is 0 Å². The average Bonchev–Trinajstić information content (AvgIpc) is 4.06. The molecule has 0 radical (unpaired) electrons. The molecule has 0 amide bonds. The van der Waals surface area contributed by atoms with E-state index in [1.807, 2.05) is 0 Å². The molecule has 1 heterocycles. The molecule has 430 valence electrons. The molecular weight excluding hydrogens is 1220 g/mol. The Kier molecular flexibility index (Phi) is 21.6. The van der Waals surface area contributed by atoms with Crippen LogP contribution in [0.4, 0.5) is 88.1 Å². The number of benzene rings is 8. The van der Waals surface area contributed by atoms with Gasteiger partial charge in [0.1, 0.15) is 57.6 Å². The largest absolute Gasteiger partial charge is 0.505 e. The summed E-state index contributed by atoms with van der Waals surface area (Å²) in [7, 11) is 0. The number of nitro benzene ring substituents is 2. The van der Waals surface area contributed by atoms with Crippen LogP contribution in [0.2, 0.25) is 25.1 Å². The fourth-order valence-corrected chi connectivity index (χ4v) is 7.05. The summed E-state index contributed by atoms with van der Waals surface area (Å²) in [5.74, 6) is -7.77. The van der Waals surface area contributed by atoms with Gasteiger partial charge in [-0.2, -0.15) is 13.2 Å². The number of nitrogens with zero attached hydrogens (tertiary/aromatic N) is 3. The first-order valence-electron chi connectivity index (χ1n) is 21.8. The van der Waals surface area contributed by atoms with Gasteiger partial charge in [-0.05, 0) is 78.4 Å². The Bertz CT molecular complexity index is 3760. The van der Waals surface area contributed by atoms with Gasteiger partial charge in [-0.3, -0.25) is 20.2 Å². The van der Waals surface area contributed by atoms with Crippen LogP contribution >= 0.6 is 58.0 Å². The van der Waals surface area contributed by atoms with Crippen LogP contribution in [0.15, 0.2) is 126 Å². The van der Waals surface area contributed by atoms with Gasteiger partial charge < -0.3 is 42.3 Å². The average molecular weight is 1260 g/mol. The maximum atomic E-state index is 13.6. The number of aliphatic imine (C=N–C) groups is 1. The summed E-state index contributed by atoms with van der Waals surface area (Å²) in [6.45, 7) is 0. The number of anilines is 4. The molecule has 8 aromatic rings. The molecule has 0 unspecified atom stereocenters. The molecule has 0 aliphatic carbocycles. The summed E-state index contributed by atoms with van der Waals surface area (Å²) in [6.07, 6.45) is -4.95. The second-order valence-electron chi connectivity index (χ2n) is 15.9. The van der Waals surface area contributed by atoms with E-state index in [0.717, 1.165) is 66.7 Å². The van der Waals surface area contributed by atoms with Crippen molar-refractivity contribution >= 4 is 104 Å². The van der Waals surface area contributed by atoms with Gasteiger partial charge in [0, 0.05) is 55.0 Å². The Labute approximate surface area is 478 Å². The molecule has 0 aromatic heterocycles. The third kappa shape index (κ3) is 17.7. The molecule has 1 aliphatic heterocycles. The molecule has 8 aromatic carbocycles. The smallest absolute Gasteiger partial charge is 0.429 e. The summed E-state index contributed by atoms with van der Waals surface area (Å²) in [4.78, 5) is 23.1. The number of phenolic OH excluding ortho intramolecular Hbond substituents is 1. The lowest BCUT2D eigenvalue weighted by Gasteiger charge is -2.10. The molecule has 0 bridgehead atoms. The third-order valence-corrected chi connectivity index (χ3v) is 11.6. The predicted molar refractivity (Wildman–Crippen MR) is 286 cm³/mol. The number of fused-ring (bicyclic) bond motifs is 1. The zero-order valence-corrected chi connectivity index (χ0v) is 44.0. The van der Waals surface area contributed by atoms with E-state index in [0.29, 0.717) is 30.0 Å². The number of nitro groups is 2. The zero-order chi connectivity index (χ0) is 61.1. The van der Waals surface area contributed by atoms with E-state index in [2.05, 4.69) is 4.99 Å². The third-order valence-electron chi connectivity index (χ3n) is 10.0. The number of halogens is 16. The van der Waals surface area contributed by atoms with E-state index in [9.17, 15) is 68.5 Å². The van der Waals surface area contributed by atoms with Gasteiger partial charge in [0.25, 0.3) is 11.4 Å². The lowest BCUT2D eigenvalue weighted by atomic mass is 10.1. The molecule has 9 N–H and O–H groups in total. The van der Waals surface area contributed by atoms with Crippen LogP contribution in [0.3, 0.4) is 0 Å². The van der Waals surface area contributed by atoms with Crippen molar-refractivity contribution in [3.63, 3.8) is 0 Å². The molecule has 0 saturated carbocycles. The quantitative estimate of drug-likeness (QED) is 0.0412. The molecule has 0 saturated heterocycles. The van der Waals surface area contributed by atoms with Gasteiger partial charge >= 0.3 is 6.18 Å². The molecule has 0 fully saturated rings. The zero-order valence-electron chi connectivity index (χ0n) is 40.3. The van der Waals surface area contributed by atoms with Crippen LogP contribution in [-0.4, -0.2) is 26.8 Å². The standard InChI is InChI=1S/C15H7ClF5NO.C12H7ClF2N2O3.C12H9ClF2N2O.C6H4Cl2N2O2.C6H4F2O/c16-9-6-11-7(4-14(22-11)15(19,20)21)3-13(9)23-12-2-1-8(17)5-10(12)18;13-7-4-10(17(18)19)9(16)5-12(7)20-11-2-1-6(14)3-8(11)15;13-7-4-9(16)10(17)5-12(7)18-11-2-1-6(14)3-8(11)15;7-3-1-5(9)6(10(11)12)2-4(3)8;7-4-1-2-6(9)5(8)3-4/h1-3,5-6H,4H2;1-5H,16H2;1-5H,16-17H2;1-2H,9H2;1-3,9H. The number of aromatic hydroxyl groups is 1. The molecule has 31 heteroatoms. The van der Waals surface area contributed by atoms with E-state index in [4.69, 9.17) is 100 Å². The summed E-state index contributed by atoms with van der Waals surface area (Å²) in [6, 6.07) is 20.6. The Hall–Kier alpha value is -8.69. The number of nitrogens with two attached hydrogens (primary N) is 4. The van der Waals surface area contributed by atoms with Crippen molar-refractivity contribution in [3.05, 3.63) is 219 Å².